The van der Waals surface area contributed by atoms with Gasteiger partial charge in [0.25, 0.3) is 0 Å². The van der Waals surface area contributed by atoms with Crippen LogP contribution in [0.15, 0.2) is 24.4 Å². The molecule has 0 heterocycles. The molecule has 0 aromatic carbocycles. The van der Waals surface area contributed by atoms with Crippen LogP contribution in [-0.2, 0) is 24.4 Å². The Balaban J connectivity index is 3.57. The Kier molecular flexibility index (Phi) is 4.66. The number of hydrogen-bond donors (Lipinski definition) is 0. The van der Waals surface area contributed by atoms with E-state index in [0.29, 0.717) is 10.2 Å². The second-order valence-electron chi connectivity index (χ2n) is 1.83. The van der Waals surface area contributed by atoms with Crippen molar-refractivity contribution in [3.8, 4) is 0 Å². The summed E-state index contributed by atoms with van der Waals surface area (Å²) in [5.41, 5.74) is 0. The van der Waals surface area contributed by atoms with Gasteiger partial charge in [-0.25, -0.2) is 9.59 Å². The van der Waals surface area contributed by atoms with Crippen molar-refractivity contribution in [2.45, 2.75) is 0 Å². The molecule has 0 aliphatic rings. The van der Waals surface area contributed by atoms with E-state index < -0.39 is 11.9 Å². The second kappa shape index (κ2) is 5.27. The molecule has 12 heavy (non-hydrogen) atoms. The predicted molar refractivity (Wildman–Crippen MR) is 42.5 cm³/mol. The summed E-state index contributed by atoms with van der Waals surface area (Å²) >= 11 is 0. The van der Waals surface area contributed by atoms with Crippen molar-refractivity contribution in [1.82, 2.24) is 0 Å². The number of hydrogen-bond acceptors (Lipinski definition) is 5. The maximum atomic E-state index is 10.6. The highest BCUT2D eigenvalue weighted by molar-refractivity contribution is 6.34. The second-order valence-corrected chi connectivity index (χ2v) is 3.03. The molecule has 0 aromatic heterocycles. The summed E-state index contributed by atoms with van der Waals surface area (Å²) in [7, 11) is 0.457. The highest BCUT2D eigenvalue weighted by Crippen LogP contribution is 1.90. The van der Waals surface area contributed by atoms with Gasteiger partial charge >= 0.3 is 11.9 Å². The van der Waals surface area contributed by atoms with Gasteiger partial charge in [0.15, 0.2) is 0 Å². The van der Waals surface area contributed by atoms with Crippen LogP contribution in [0.2, 0.25) is 0 Å². The standard InChI is InChI=1S/C6H8O5Si/c1-3-5(7)9-11-10-6(8)4(2)12/h3H,1-2H2,12H3. The SMILES string of the molecule is C=CC(=O)OOOC(=O)C(=C)[SiH3]. The smallest absolute Gasteiger partial charge is 0.255 e. The molecule has 5 nitrogen and oxygen atoms in total. The summed E-state index contributed by atoms with van der Waals surface area (Å²) in [4.78, 5) is 28.7. The third-order valence-corrected chi connectivity index (χ3v) is 1.15. The fourth-order valence-corrected chi connectivity index (χ4v) is 0.270. The molecule has 0 rings (SSSR count). The lowest BCUT2D eigenvalue weighted by atomic mass is 10.7. The largest absolute Gasteiger partial charge is 0.369 e. The first-order valence-electron chi connectivity index (χ1n) is 2.95. The van der Waals surface area contributed by atoms with Crippen molar-refractivity contribution in [2.75, 3.05) is 0 Å². The van der Waals surface area contributed by atoms with E-state index in [1.807, 2.05) is 0 Å². The van der Waals surface area contributed by atoms with Crippen LogP contribution in [0, 0.1) is 0 Å². The van der Waals surface area contributed by atoms with Crippen molar-refractivity contribution in [2.24, 2.45) is 0 Å². The summed E-state index contributed by atoms with van der Waals surface area (Å²) in [6.45, 7) is 6.41. The van der Waals surface area contributed by atoms with Crippen molar-refractivity contribution < 1.29 is 24.4 Å². The van der Waals surface area contributed by atoms with Gasteiger partial charge in [-0.1, -0.05) is 13.2 Å². The molecule has 0 spiro atoms. The summed E-state index contributed by atoms with van der Waals surface area (Å²) in [6, 6.07) is 0. The Morgan fingerprint density at radius 2 is 1.92 bits per heavy atom. The number of carbonyl (C=O) groups excluding carboxylic acids is 2. The van der Waals surface area contributed by atoms with Gasteiger partial charge in [-0.3, -0.25) is 9.78 Å². The van der Waals surface area contributed by atoms with E-state index in [2.05, 4.69) is 28.0 Å². The van der Waals surface area contributed by atoms with Crippen molar-refractivity contribution >= 4 is 22.2 Å². The van der Waals surface area contributed by atoms with Crippen LogP contribution >= 0.6 is 0 Å². The molecule has 0 bridgehead atoms. The molecule has 0 radical (unpaired) electrons. The lowest BCUT2D eigenvalue weighted by Crippen LogP contribution is -2.10. The van der Waals surface area contributed by atoms with Gasteiger partial charge in [0.2, 0.25) is 0 Å². The van der Waals surface area contributed by atoms with Gasteiger partial charge < -0.3 is 0 Å². The topological polar surface area (TPSA) is 61.8 Å². The van der Waals surface area contributed by atoms with Crippen molar-refractivity contribution in [1.29, 1.82) is 0 Å². The molecule has 0 unspecified atom stereocenters. The molecule has 0 saturated heterocycles. The van der Waals surface area contributed by atoms with Gasteiger partial charge in [0, 0.05) is 26.6 Å². The van der Waals surface area contributed by atoms with E-state index in [1.54, 1.807) is 0 Å². The summed E-state index contributed by atoms with van der Waals surface area (Å²) in [5, 5.41) is 4.07. The number of carbonyl (C=O) groups is 2. The first kappa shape index (κ1) is 10.6. The van der Waals surface area contributed by atoms with Crippen LogP contribution in [-0.4, -0.2) is 22.2 Å². The Bertz CT molecular complexity index is 222. The Morgan fingerprint density at radius 3 is 2.33 bits per heavy atom. The van der Waals surface area contributed by atoms with E-state index in [0.717, 1.165) is 6.08 Å². The van der Waals surface area contributed by atoms with Crippen LogP contribution in [0.25, 0.3) is 0 Å². The Morgan fingerprint density at radius 1 is 1.33 bits per heavy atom. The fraction of sp³-hybridized carbons (Fsp3) is 0. The third kappa shape index (κ3) is 4.42. The quantitative estimate of drug-likeness (QED) is 0.245. The van der Waals surface area contributed by atoms with Gasteiger partial charge in [-0.2, -0.15) is 0 Å². The minimum Gasteiger partial charge on any atom is -0.255 e. The molecule has 0 N–H and O–H groups in total. The normalized spacial score (nSPS) is 8.67. The molecule has 0 fully saturated rings. The van der Waals surface area contributed by atoms with E-state index >= 15 is 0 Å². The highest BCUT2D eigenvalue weighted by Gasteiger charge is 2.05. The highest BCUT2D eigenvalue weighted by atomic mass is 28.1. The molecular formula is C6H8O5Si. The zero-order valence-electron chi connectivity index (χ0n) is 6.53. The summed E-state index contributed by atoms with van der Waals surface area (Å²) in [5.74, 6) is -1.60. The minimum atomic E-state index is -0.846. The van der Waals surface area contributed by atoms with Gasteiger partial charge in [0.1, 0.15) is 0 Å². The Labute approximate surface area is 71.9 Å². The average Bonchev–Trinajstić information content (AvgIpc) is 2.03. The molecule has 0 amide bonds. The molecule has 0 atom stereocenters. The molecule has 0 aliphatic carbocycles. The van der Waals surface area contributed by atoms with E-state index in [4.69, 9.17) is 0 Å². The van der Waals surface area contributed by atoms with Gasteiger partial charge in [0.05, 0.1) is 0 Å². The first-order valence-corrected chi connectivity index (χ1v) is 3.95. The van der Waals surface area contributed by atoms with Gasteiger partial charge in [-0.15, -0.1) is 0 Å². The van der Waals surface area contributed by atoms with E-state index in [1.165, 1.54) is 0 Å². The van der Waals surface area contributed by atoms with E-state index in [9.17, 15) is 9.59 Å². The maximum absolute atomic E-state index is 10.6. The lowest BCUT2D eigenvalue weighted by molar-refractivity contribution is -0.455. The molecule has 0 saturated carbocycles. The average molecular weight is 188 g/mol. The van der Waals surface area contributed by atoms with E-state index in [-0.39, 0.29) is 5.20 Å². The fourth-order valence-electron chi connectivity index (χ4n) is 0.187. The number of rotatable bonds is 4. The first-order chi connectivity index (χ1) is 5.57. The van der Waals surface area contributed by atoms with Crippen LogP contribution < -0.4 is 0 Å². The van der Waals surface area contributed by atoms with Crippen molar-refractivity contribution in [3.05, 3.63) is 24.4 Å². The molecule has 6 heteroatoms. The van der Waals surface area contributed by atoms with Crippen LogP contribution in [0.4, 0.5) is 0 Å². The summed E-state index contributed by atoms with van der Waals surface area (Å²) < 4.78 is 0. The lowest BCUT2D eigenvalue weighted by Gasteiger charge is -1.98. The Hall–Kier alpha value is -1.40. The van der Waals surface area contributed by atoms with Crippen LogP contribution in [0.1, 0.15) is 0 Å². The van der Waals surface area contributed by atoms with Crippen LogP contribution in [0.5, 0.6) is 0 Å². The zero-order valence-corrected chi connectivity index (χ0v) is 8.53. The van der Waals surface area contributed by atoms with Crippen LogP contribution in [0.3, 0.4) is 0 Å². The monoisotopic (exact) mass is 188 g/mol. The molecular weight excluding hydrogens is 180 g/mol. The molecule has 66 valence electrons. The summed E-state index contributed by atoms with van der Waals surface area (Å²) in [6.07, 6.45) is 0.864. The van der Waals surface area contributed by atoms with Crippen molar-refractivity contribution in [3.63, 3.8) is 0 Å². The minimum absolute atomic E-state index is 0.268. The predicted octanol–water partition coefficient (Wildman–Crippen LogP) is -1.02. The molecule has 0 aliphatic heterocycles. The third-order valence-electron chi connectivity index (χ3n) is 0.741. The molecule has 0 aromatic rings. The van der Waals surface area contributed by atoms with Gasteiger partial charge in [-0.05, 0) is 0 Å². The maximum Gasteiger partial charge on any atom is 0.369 e. The zero-order chi connectivity index (χ0) is 9.56.